The Morgan fingerprint density at radius 2 is 1.74 bits per heavy atom. The van der Waals surface area contributed by atoms with E-state index in [-0.39, 0.29) is 10.8 Å². The molecule has 0 atom stereocenters. The van der Waals surface area contributed by atoms with E-state index >= 15 is 0 Å². The van der Waals surface area contributed by atoms with E-state index in [0.717, 1.165) is 5.56 Å². The summed E-state index contributed by atoms with van der Waals surface area (Å²) < 4.78 is 28.3. The predicted octanol–water partition coefficient (Wildman–Crippen LogP) is 3.83. The number of carbonyl (C=O) groups is 1. The molecule has 2 aromatic carbocycles. The molecule has 2 N–H and O–H groups in total. The van der Waals surface area contributed by atoms with Crippen LogP contribution in [0.15, 0.2) is 45.8 Å². The fourth-order valence-corrected chi connectivity index (χ4v) is 4.41. The molecule has 122 valence electrons. The molecule has 5 nitrogen and oxygen atoms in total. The first kappa shape index (κ1) is 17.5. The summed E-state index contributed by atoms with van der Waals surface area (Å²) >= 11 is 3.29. The Hall–Kier alpha value is -1.86. The van der Waals surface area contributed by atoms with Gasteiger partial charge in [0.1, 0.15) is 4.90 Å². The molecule has 0 heterocycles. The van der Waals surface area contributed by atoms with E-state index in [1.165, 1.54) is 6.92 Å². The summed E-state index contributed by atoms with van der Waals surface area (Å²) in [6.07, 6.45) is 0. The average Bonchev–Trinajstić information content (AvgIpc) is 2.42. The van der Waals surface area contributed by atoms with Crippen molar-refractivity contribution in [1.82, 2.24) is 0 Å². The number of anilines is 2. The molecule has 0 aliphatic carbocycles. The minimum absolute atomic E-state index is 0.160. The molecule has 0 radical (unpaired) electrons. The number of sulfonamides is 1. The predicted molar refractivity (Wildman–Crippen MR) is 95.2 cm³/mol. The van der Waals surface area contributed by atoms with Crippen molar-refractivity contribution in [2.24, 2.45) is 0 Å². The summed E-state index contributed by atoms with van der Waals surface area (Å²) in [5, 5.41) is 2.67. The zero-order chi connectivity index (χ0) is 17.2. The third-order valence-corrected chi connectivity index (χ3v) is 5.61. The minimum atomic E-state index is -3.74. The molecule has 0 unspecified atom stereocenters. The van der Waals surface area contributed by atoms with Crippen molar-refractivity contribution < 1.29 is 13.2 Å². The van der Waals surface area contributed by atoms with Crippen LogP contribution in [-0.4, -0.2) is 14.3 Å². The summed E-state index contributed by atoms with van der Waals surface area (Å²) in [5.74, 6) is -0.214. The Morgan fingerprint density at radius 3 is 2.35 bits per heavy atom. The number of rotatable bonds is 4. The van der Waals surface area contributed by atoms with Gasteiger partial charge in [0.25, 0.3) is 10.0 Å². The van der Waals surface area contributed by atoms with E-state index < -0.39 is 10.0 Å². The lowest BCUT2D eigenvalue weighted by Gasteiger charge is -2.14. The molecule has 0 aliphatic heterocycles. The van der Waals surface area contributed by atoms with Crippen molar-refractivity contribution >= 4 is 43.2 Å². The van der Waals surface area contributed by atoms with Gasteiger partial charge < -0.3 is 5.32 Å². The van der Waals surface area contributed by atoms with Gasteiger partial charge in [-0.25, -0.2) is 8.42 Å². The fraction of sp³-hybridized carbons (Fsp3) is 0.188. The van der Waals surface area contributed by atoms with Crippen molar-refractivity contribution in [1.29, 1.82) is 0 Å². The number of aryl methyl sites for hydroxylation is 1. The molecular formula is C16H17BrN2O3S. The normalized spacial score (nSPS) is 11.1. The molecule has 1 amide bonds. The summed E-state index contributed by atoms with van der Waals surface area (Å²) in [7, 11) is -3.74. The SMILES string of the molecule is CC(=O)Nc1cccc(NS(=O)(=O)c2ccc(C)cc2Br)c1C. The van der Waals surface area contributed by atoms with Gasteiger partial charge in [0.05, 0.1) is 5.69 Å². The number of nitrogens with one attached hydrogen (secondary N) is 2. The molecule has 0 aliphatic rings. The van der Waals surface area contributed by atoms with E-state index in [9.17, 15) is 13.2 Å². The lowest BCUT2D eigenvalue weighted by molar-refractivity contribution is -0.114. The zero-order valence-corrected chi connectivity index (χ0v) is 15.4. The van der Waals surface area contributed by atoms with Crippen molar-refractivity contribution in [2.45, 2.75) is 25.7 Å². The first-order chi connectivity index (χ1) is 10.7. The molecule has 0 saturated carbocycles. The van der Waals surface area contributed by atoms with Crippen LogP contribution in [0.2, 0.25) is 0 Å². The molecule has 2 rings (SSSR count). The first-order valence-electron chi connectivity index (χ1n) is 6.87. The van der Waals surface area contributed by atoms with Gasteiger partial charge in [0, 0.05) is 17.1 Å². The smallest absolute Gasteiger partial charge is 0.263 e. The average molecular weight is 397 g/mol. The molecule has 0 bridgehead atoms. The fourth-order valence-electron chi connectivity index (χ4n) is 2.09. The largest absolute Gasteiger partial charge is 0.326 e. The Balaban J connectivity index is 2.39. The lowest BCUT2D eigenvalue weighted by Crippen LogP contribution is -2.15. The molecule has 7 heteroatoms. The number of benzene rings is 2. The molecule has 2 aromatic rings. The van der Waals surface area contributed by atoms with Crippen LogP contribution < -0.4 is 10.0 Å². The monoisotopic (exact) mass is 396 g/mol. The Labute approximate surface area is 144 Å². The quantitative estimate of drug-likeness (QED) is 0.824. The van der Waals surface area contributed by atoms with E-state index in [1.54, 1.807) is 43.3 Å². The Morgan fingerprint density at radius 1 is 1.09 bits per heavy atom. The van der Waals surface area contributed by atoms with Gasteiger partial charge in [0.15, 0.2) is 0 Å². The van der Waals surface area contributed by atoms with E-state index in [2.05, 4.69) is 26.0 Å². The van der Waals surface area contributed by atoms with Crippen molar-refractivity contribution in [2.75, 3.05) is 10.0 Å². The standard InChI is InChI=1S/C16H17BrN2O3S/c1-10-7-8-16(13(17)9-10)23(21,22)19-15-6-4-5-14(11(15)2)18-12(3)20/h4-9,19H,1-3H3,(H,18,20). The number of halogens is 1. The Bertz CT molecular complexity index is 864. The summed E-state index contributed by atoms with van der Waals surface area (Å²) in [6, 6.07) is 10.1. The van der Waals surface area contributed by atoms with Gasteiger partial charge >= 0.3 is 0 Å². The van der Waals surface area contributed by atoms with Gasteiger partial charge in [-0.2, -0.15) is 0 Å². The maximum atomic E-state index is 12.6. The summed E-state index contributed by atoms with van der Waals surface area (Å²) in [4.78, 5) is 11.4. The van der Waals surface area contributed by atoms with E-state index in [0.29, 0.717) is 21.4 Å². The van der Waals surface area contributed by atoms with Crippen LogP contribution in [-0.2, 0) is 14.8 Å². The topological polar surface area (TPSA) is 75.3 Å². The third kappa shape index (κ3) is 4.11. The number of hydrogen-bond acceptors (Lipinski definition) is 3. The first-order valence-corrected chi connectivity index (χ1v) is 9.14. The molecule has 0 saturated heterocycles. The maximum absolute atomic E-state index is 12.6. The van der Waals surface area contributed by atoms with Gasteiger partial charge in [-0.05, 0) is 65.2 Å². The third-order valence-electron chi connectivity index (χ3n) is 3.27. The molecule has 0 aromatic heterocycles. The Kier molecular flexibility index (Phi) is 5.11. The minimum Gasteiger partial charge on any atom is -0.326 e. The van der Waals surface area contributed by atoms with E-state index in [1.807, 2.05) is 6.92 Å². The lowest BCUT2D eigenvalue weighted by atomic mass is 10.1. The highest BCUT2D eigenvalue weighted by atomic mass is 79.9. The summed E-state index contributed by atoms with van der Waals surface area (Å²) in [5.41, 5.74) is 2.60. The van der Waals surface area contributed by atoms with Crippen LogP contribution in [0.25, 0.3) is 0 Å². The second-order valence-corrected chi connectivity index (χ2v) is 7.70. The number of carbonyl (C=O) groups excluding carboxylic acids is 1. The molecule has 23 heavy (non-hydrogen) atoms. The second-order valence-electron chi connectivity index (χ2n) is 5.20. The molecule has 0 spiro atoms. The maximum Gasteiger partial charge on any atom is 0.263 e. The highest BCUT2D eigenvalue weighted by molar-refractivity contribution is 9.10. The second kappa shape index (κ2) is 6.72. The van der Waals surface area contributed by atoms with Gasteiger partial charge in [-0.3, -0.25) is 9.52 Å². The number of hydrogen-bond donors (Lipinski definition) is 2. The van der Waals surface area contributed by atoms with Gasteiger partial charge in [-0.1, -0.05) is 12.1 Å². The van der Waals surface area contributed by atoms with Gasteiger partial charge in [-0.15, -0.1) is 0 Å². The van der Waals surface area contributed by atoms with Crippen molar-refractivity contribution in [3.05, 3.63) is 52.0 Å². The van der Waals surface area contributed by atoms with Crippen molar-refractivity contribution in [3.8, 4) is 0 Å². The highest BCUT2D eigenvalue weighted by Crippen LogP contribution is 2.28. The van der Waals surface area contributed by atoms with Crippen LogP contribution >= 0.6 is 15.9 Å². The van der Waals surface area contributed by atoms with Gasteiger partial charge in [0.2, 0.25) is 5.91 Å². The van der Waals surface area contributed by atoms with Crippen LogP contribution in [0.1, 0.15) is 18.1 Å². The van der Waals surface area contributed by atoms with Crippen LogP contribution in [0, 0.1) is 13.8 Å². The van der Waals surface area contributed by atoms with Crippen LogP contribution in [0.3, 0.4) is 0 Å². The van der Waals surface area contributed by atoms with Crippen LogP contribution in [0.4, 0.5) is 11.4 Å². The van der Waals surface area contributed by atoms with Crippen molar-refractivity contribution in [3.63, 3.8) is 0 Å². The summed E-state index contributed by atoms with van der Waals surface area (Å²) in [6.45, 7) is 5.03. The highest BCUT2D eigenvalue weighted by Gasteiger charge is 2.19. The number of amides is 1. The zero-order valence-electron chi connectivity index (χ0n) is 13.0. The molecular weight excluding hydrogens is 380 g/mol. The molecule has 0 fully saturated rings. The van der Waals surface area contributed by atoms with E-state index in [4.69, 9.17) is 0 Å². The van der Waals surface area contributed by atoms with Crippen LogP contribution in [0.5, 0.6) is 0 Å².